The van der Waals surface area contributed by atoms with E-state index >= 15 is 0 Å². The summed E-state index contributed by atoms with van der Waals surface area (Å²) in [7, 11) is 1.69. The van der Waals surface area contributed by atoms with E-state index in [0.29, 0.717) is 19.4 Å². The molecule has 0 aromatic carbocycles. The van der Waals surface area contributed by atoms with Gasteiger partial charge in [0.25, 0.3) is 0 Å². The van der Waals surface area contributed by atoms with Gasteiger partial charge in [-0.15, -0.1) is 0 Å². The third-order valence-electron chi connectivity index (χ3n) is 4.57. The molecule has 0 aliphatic heterocycles. The molecular weight excluding hydrogens is 344 g/mol. The highest BCUT2D eigenvalue weighted by Gasteiger charge is 2.05. The van der Waals surface area contributed by atoms with Crippen molar-refractivity contribution in [3.05, 3.63) is 0 Å². The number of amides is 2. The van der Waals surface area contributed by atoms with Crippen LogP contribution in [-0.4, -0.2) is 38.0 Å². The van der Waals surface area contributed by atoms with Gasteiger partial charge < -0.3 is 15.4 Å². The molecule has 0 unspecified atom stereocenters. The standard InChI is InChI=1S/C21H40N2O4/c1-3-27-21(26)18-23-20(25)17-15-13-11-9-7-5-4-6-8-10-12-14-16-19(24)22-2/h3-18H2,1-2H3,(H,22,24)(H,23,25). The van der Waals surface area contributed by atoms with Gasteiger partial charge in [-0.1, -0.05) is 64.2 Å². The van der Waals surface area contributed by atoms with Gasteiger partial charge in [-0.3, -0.25) is 14.4 Å². The lowest BCUT2D eigenvalue weighted by atomic mass is 10.0. The molecule has 6 nitrogen and oxygen atoms in total. The lowest BCUT2D eigenvalue weighted by Gasteiger charge is -2.05. The van der Waals surface area contributed by atoms with Crippen molar-refractivity contribution in [3.63, 3.8) is 0 Å². The largest absolute Gasteiger partial charge is 0.465 e. The van der Waals surface area contributed by atoms with Gasteiger partial charge in [0.2, 0.25) is 11.8 Å². The van der Waals surface area contributed by atoms with Gasteiger partial charge in [-0.05, 0) is 19.8 Å². The first-order valence-corrected chi connectivity index (χ1v) is 10.7. The third-order valence-corrected chi connectivity index (χ3v) is 4.57. The van der Waals surface area contributed by atoms with E-state index < -0.39 is 0 Å². The van der Waals surface area contributed by atoms with E-state index in [2.05, 4.69) is 10.6 Å². The molecule has 0 aliphatic carbocycles. The summed E-state index contributed by atoms with van der Waals surface area (Å²) in [5.41, 5.74) is 0. The average molecular weight is 385 g/mol. The van der Waals surface area contributed by atoms with Crippen molar-refractivity contribution in [3.8, 4) is 0 Å². The topological polar surface area (TPSA) is 84.5 Å². The molecule has 0 radical (unpaired) electrons. The van der Waals surface area contributed by atoms with E-state index in [-0.39, 0.29) is 24.3 Å². The highest BCUT2D eigenvalue weighted by atomic mass is 16.5. The molecule has 27 heavy (non-hydrogen) atoms. The number of ether oxygens (including phenoxy) is 1. The van der Waals surface area contributed by atoms with Crippen LogP contribution in [0.25, 0.3) is 0 Å². The summed E-state index contributed by atoms with van der Waals surface area (Å²) >= 11 is 0. The van der Waals surface area contributed by atoms with Crippen molar-refractivity contribution in [2.24, 2.45) is 0 Å². The van der Waals surface area contributed by atoms with Crippen LogP contribution in [0, 0.1) is 0 Å². The molecule has 0 saturated carbocycles. The Hall–Kier alpha value is -1.59. The maximum absolute atomic E-state index is 11.6. The zero-order chi connectivity index (χ0) is 20.2. The molecule has 0 spiro atoms. The Morgan fingerprint density at radius 1 is 0.667 bits per heavy atom. The predicted octanol–water partition coefficient (Wildman–Crippen LogP) is 3.87. The summed E-state index contributed by atoms with van der Waals surface area (Å²) in [6.45, 7) is 2.06. The van der Waals surface area contributed by atoms with Crippen LogP contribution in [0.15, 0.2) is 0 Å². The van der Waals surface area contributed by atoms with E-state index in [1.807, 2.05) is 0 Å². The fourth-order valence-electron chi connectivity index (χ4n) is 2.94. The van der Waals surface area contributed by atoms with Crippen molar-refractivity contribution in [2.75, 3.05) is 20.2 Å². The Balaban J connectivity index is 3.21. The number of hydrogen-bond donors (Lipinski definition) is 2. The molecule has 0 aromatic rings. The first kappa shape index (κ1) is 25.4. The van der Waals surface area contributed by atoms with Gasteiger partial charge in [0.05, 0.1) is 6.61 Å². The highest BCUT2D eigenvalue weighted by Crippen LogP contribution is 2.13. The van der Waals surface area contributed by atoms with Crippen molar-refractivity contribution in [2.45, 2.75) is 96.8 Å². The van der Waals surface area contributed by atoms with E-state index in [1.54, 1.807) is 14.0 Å². The molecule has 6 heteroatoms. The number of hydrogen-bond acceptors (Lipinski definition) is 4. The lowest BCUT2D eigenvalue weighted by molar-refractivity contribution is -0.143. The van der Waals surface area contributed by atoms with Gasteiger partial charge in [-0.2, -0.15) is 0 Å². The third kappa shape index (κ3) is 19.0. The number of carbonyl (C=O) groups is 3. The number of rotatable bonds is 18. The van der Waals surface area contributed by atoms with Crippen LogP contribution in [-0.2, 0) is 19.1 Å². The summed E-state index contributed by atoms with van der Waals surface area (Å²) in [5, 5.41) is 5.24. The van der Waals surface area contributed by atoms with Crippen molar-refractivity contribution in [1.29, 1.82) is 0 Å². The molecule has 2 N–H and O–H groups in total. The fraction of sp³-hybridized carbons (Fsp3) is 0.857. The second-order valence-corrected chi connectivity index (χ2v) is 7.00. The molecular formula is C21H40N2O4. The fourth-order valence-corrected chi connectivity index (χ4v) is 2.94. The van der Waals surface area contributed by atoms with Crippen molar-refractivity contribution in [1.82, 2.24) is 10.6 Å². The van der Waals surface area contributed by atoms with E-state index in [0.717, 1.165) is 25.7 Å². The second-order valence-electron chi connectivity index (χ2n) is 7.00. The zero-order valence-corrected chi connectivity index (χ0v) is 17.4. The summed E-state index contributed by atoms with van der Waals surface area (Å²) in [5.74, 6) is -0.305. The molecule has 0 aliphatic rings. The molecule has 0 saturated heterocycles. The quantitative estimate of drug-likeness (QED) is 0.277. The first-order valence-electron chi connectivity index (χ1n) is 10.7. The first-order chi connectivity index (χ1) is 13.1. The smallest absolute Gasteiger partial charge is 0.325 e. The Morgan fingerprint density at radius 2 is 1.07 bits per heavy atom. The number of esters is 1. The van der Waals surface area contributed by atoms with E-state index in [1.165, 1.54) is 51.4 Å². The number of unbranched alkanes of at least 4 members (excludes halogenated alkanes) is 11. The molecule has 0 aromatic heterocycles. The monoisotopic (exact) mass is 384 g/mol. The minimum absolute atomic E-state index is 0.0270. The predicted molar refractivity (Wildman–Crippen MR) is 108 cm³/mol. The van der Waals surface area contributed by atoms with E-state index in [9.17, 15) is 14.4 Å². The molecule has 0 heterocycles. The Bertz CT molecular complexity index is 400. The van der Waals surface area contributed by atoms with Gasteiger partial charge in [0.1, 0.15) is 6.54 Å². The van der Waals surface area contributed by atoms with Gasteiger partial charge >= 0.3 is 5.97 Å². The van der Waals surface area contributed by atoms with Gasteiger partial charge in [0, 0.05) is 19.9 Å². The Kier molecular flexibility index (Phi) is 18.0. The number of carbonyl (C=O) groups excluding carboxylic acids is 3. The van der Waals surface area contributed by atoms with Crippen LogP contribution in [0.1, 0.15) is 96.8 Å². The van der Waals surface area contributed by atoms with Crippen molar-refractivity contribution < 1.29 is 19.1 Å². The van der Waals surface area contributed by atoms with Crippen LogP contribution in [0.2, 0.25) is 0 Å². The SMILES string of the molecule is CCOC(=O)CNC(=O)CCCCCCCCCCCCCCC(=O)NC. The molecule has 0 rings (SSSR count). The average Bonchev–Trinajstić information content (AvgIpc) is 2.66. The minimum atomic E-state index is -0.380. The summed E-state index contributed by atoms with van der Waals surface area (Å²) in [6.07, 6.45) is 15.3. The van der Waals surface area contributed by atoms with E-state index in [4.69, 9.17) is 4.74 Å². The van der Waals surface area contributed by atoms with Crippen molar-refractivity contribution >= 4 is 17.8 Å². The molecule has 0 atom stereocenters. The molecule has 158 valence electrons. The summed E-state index contributed by atoms with van der Waals surface area (Å²) in [4.78, 5) is 33.8. The summed E-state index contributed by atoms with van der Waals surface area (Å²) < 4.78 is 4.76. The Morgan fingerprint density at radius 3 is 1.48 bits per heavy atom. The van der Waals surface area contributed by atoms with Gasteiger partial charge in [-0.25, -0.2) is 0 Å². The number of nitrogens with one attached hydrogen (secondary N) is 2. The maximum Gasteiger partial charge on any atom is 0.325 e. The normalized spacial score (nSPS) is 10.4. The molecule has 0 fully saturated rings. The Labute approximate surface area is 165 Å². The van der Waals surface area contributed by atoms with Gasteiger partial charge in [0.15, 0.2) is 0 Å². The lowest BCUT2D eigenvalue weighted by Crippen LogP contribution is -2.30. The second kappa shape index (κ2) is 19.2. The highest BCUT2D eigenvalue weighted by molar-refractivity contribution is 5.81. The summed E-state index contributed by atoms with van der Waals surface area (Å²) in [6, 6.07) is 0. The molecule has 2 amide bonds. The zero-order valence-electron chi connectivity index (χ0n) is 17.4. The van der Waals surface area contributed by atoms with Crippen LogP contribution in [0.3, 0.4) is 0 Å². The van der Waals surface area contributed by atoms with Crippen LogP contribution < -0.4 is 10.6 Å². The van der Waals surface area contributed by atoms with Crippen LogP contribution >= 0.6 is 0 Å². The maximum atomic E-state index is 11.6. The minimum Gasteiger partial charge on any atom is -0.465 e. The van der Waals surface area contributed by atoms with Crippen LogP contribution in [0.4, 0.5) is 0 Å². The molecule has 0 bridgehead atoms. The van der Waals surface area contributed by atoms with Crippen LogP contribution in [0.5, 0.6) is 0 Å².